The fourth-order valence-corrected chi connectivity index (χ4v) is 1.32. The minimum Gasteiger partial charge on any atom is -0.463 e. The van der Waals surface area contributed by atoms with Crippen LogP contribution >= 0.6 is 0 Å². The molecule has 19 heavy (non-hydrogen) atoms. The molecule has 2 aromatic rings. The van der Waals surface area contributed by atoms with Gasteiger partial charge in [0.2, 0.25) is 0 Å². The van der Waals surface area contributed by atoms with E-state index in [1.165, 1.54) is 36.7 Å². The summed E-state index contributed by atoms with van der Waals surface area (Å²) in [5.41, 5.74) is 2.49. The van der Waals surface area contributed by atoms with Crippen LogP contribution in [0.25, 0.3) is 0 Å². The van der Waals surface area contributed by atoms with Crippen LogP contribution in [0.4, 0.5) is 5.69 Å². The Hall–Kier alpha value is -2.96. The lowest BCUT2D eigenvalue weighted by atomic mass is 10.2. The summed E-state index contributed by atoms with van der Waals surface area (Å²) in [5.74, 6) is 0.0432. The highest BCUT2D eigenvalue weighted by Gasteiger charge is 2.08. The minimum absolute atomic E-state index is 0.0735. The number of nitro groups is 1. The lowest BCUT2D eigenvalue weighted by molar-refractivity contribution is -0.384. The van der Waals surface area contributed by atoms with Crippen LogP contribution in [0.2, 0.25) is 0 Å². The maximum absolute atomic E-state index is 11.6. The van der Waals surface area contributed by atoms with Crippen molar-refractivity contribution in [3.05, 3.63) is 64.1 Å². The van der Waals surface area contributed by atoms with Crippen molar-refractivity contribution in [2.75, 3.05) is 0 Å². The van der Waals surface area contributed by atoms with Crippen LogP contribution in [0.1, 0.15) is 16.1 Å². The summed E-state index contributed by atoms with van der Waals surface area (Å²) in [6.07, 6.45) is 2.84. The fourth-order valence-electron chi connectivity index (χ4n) is 1.32. The topological polar surface area (TPSA) is 97.7 Å². The summed E-state index contributed by atoms with van der Waals surface area (Å²) >= 11 is 0. The number of nitrogens with one attached hydrogen (secondary N) is 1. The minimum atomic E-state index is -0.531. The summed E-state index contributed by atoms with van der Waals surface area (Å²) in [5, 5.41) is 14.2. The number of hydrazone groups is 1. The molecule has 0 atom stereocenters. The van der Waals surface area contributed by atoms with Gasteiger partial charge in [-0.2, -0.15) is 5.10 Å². The molecule has 0 aliphatic rings. The molecule has 0 spiro atoms. The molecule has 0 aliphatic carbocycles. The van der Waals surface area contributed by atoms with Gasteiger partial charge < -0.3 is 4.42 Å². The number of furan rings is 1. The Kier molecular flexibility index (Phi) is 3.67. The van der Waals surface area contributed by atoms with Gasteiger partial charge >= 0.3 is 0 Å². The summed E-state index contributed by atoms with van der Waals surface area (Å²) in [6.45, 7) is 0. The predicted molar refractivity (Wildman–Crippen MR) is 66.9 cm³/mol. The molecule has 7 heteroatoms. The average molecular weight is 259 g/mol. The van der Waals surface area contributed by atoms with E-state index in [2.05, 4.69) is 10.5 Å². The van der Waals surface area contributed by atoms with Crippen LogP contribution in [0, 0.1) is 10.1 Å². The van der Waals surface area contributed by atoms with Gasteiger partial charge in [0.15, 0.2) is 0 Å². The van der Waals surface area contributed by atoms with Gasteiger partial charge in [-0.05, 0) is 24.3 Å². The monoisotopic (exact) mass is 259 g/mol. The zero-order valence-corrected chi connectivity index (χ0v) is 9.65. The number of carbonyl (C=O) groups excluding carboxylic acids is 1. The first-order chi connectivity index (χ1) is 9.16. The van der Waals surface area contributed by atoms with Crippen LogP contribution in [0.5, 0.6) is 0 Å². The second-order valence-electron chi connectivity index (χ2n) is 3.52. The largest absolute Gasteiger partial charge is 0.463 e. The van der Waals surface area contributed by atoms with Gasteiger partial charge in [0.1, 0.15) is 5.76 Å². The van der Waals surface area contributed by atoms with Gasteiger partial charge in [-0.1, -0.05) is 0 Å². The van der Waals surface area contributed by atoms with Gasteiger partial charge in [-0.25, -0.2) is 5.43 Å². The molecule has 1 N–H and O–H groups in total. The third-order valence-corrected chi connectivity index (χ3v) is 2.24. The van der Waals surface area contributed by atoms with Gasteiger partial charge in [-0.15, -0.1) is 0 Å². The fraction of sp³-hybridized carbons (Fsp3) is 0. The number of benzene rings is 1. The first kappa shape index (κ1) is 12.5. The lowest BCUT2D eigenvalue weighted by Gasteiger charge is -1.98. The van der Waals surface area contributed by atoms with E-state index < -0.39 is 10.8 Å². The molecule has 0 aliphatic heterocycles. The van der Waals surface area contributed by atoms with Crippen LogP contribution in [-0.4, -0.2) is 17.0 Å². The maximum Gasteiger partial charge on any atom is 0.271 e. The van der Waals surface area contributed by atoms with Crippen molar-refractivity contribution in [1.82, 2.24) is 5.43 Å². The number of hydrogen-bond acceptors (Lipinski definition) is 5. The highest BCUT2D eigenvalue weighted by molar-refractivity contribution is 5.94. The average Bonchev–Trinajstić information content (AvgIpc) is 2.92. The second-order valence-corrected chi connectivity index (χ2v) is 3.52. The number of nitro benzene ring substituents is 1. The molecule has 0 saturated carbocycles. The normalized spacial score (nSPS) is 10.5. The first-order valence-electron chi connectivity index (χ1n) is 5.28. The molecule has 7 nitrogen and oxygen atoms in total. The molecule has 1 amide bonds. The van der Waals surface area contributed by atoms with Crippen LogP contribution in [0.3, 0.4) is 0 Å². The third kappa shape index (κ3) is 3.25. The molecular formula is C12H9N3O4. The van der Waals surface area contributed by atoms with E-state index in [-0.39, 0.29) is 11.3 Å². The first-order valence-corrected chi connectivity index (χ1v) is 5.28. The quantitative estimate of drug-likeness (QED) is 0.515. The molecule has 0 unspecified atom stereocenters. The highest BCUT2D eigenvalue weighted by atomic mass is 16.6. The van der Waals surface area contributed by atoms with Crippen LogP contribution in [0.15, 0.2) is 52.2 Å². The molecule has 1 aromatic carbocycles. The lowest BCUT2D eigenvalue weighted by Crippen LogP contribution is -2.17. The van der Waals surface area contributed by atoms with Crippen LogP contribution < -0.4 is 5.43 Å². The number of non-ortho nitro benzene ring substituents is 1. The molecule has 0 radical (unpaired) electrons. The Balaban J connectivity index is 1.98. The summed E-state index contributed by atoms with van der Waals surface area (Å²) in [7, 11) is 0. The molecule has 1 aromatic heterocycles. The van der Waals surface area contributed by atoms with E-state index in [1.54, 1.807) is 12.1 Å². The van der Waals surface area contributed by atoms with Gasteiger partial charge in [0, 0.05) is 17.7 Å². The Labute approximate surface area is 107 Å². The number of rotatable bonds is 4. The van der Waals surface area contributed by atoms with Crippen molar-refractivity contribution in [3.63, 3.8) is 0 Å². The van der Waals surface area contributed by atoms with Crippen molar-refractivity contribution in [3.8, 4) is 0 Å². The van der Waals surface area contributed by atoms with E-state index in [9.17, 15) is 14.9 Å². The van der Waals surface area contributed by atoms with Gasteiger partial charge in [-0.3, -0.25) is 14.9 Å². The SMILES string of the molecule is O=C(NN=Cc1ccco1)c1ccc([N+](=O)[O-])cc1. The Morgan fingerprint density at radius 1 is 1.32 bits per heavy atom. The van der Waals surface area contributed by atoms with E-state index in [0.717, 1.165) is 0 Å². The number of amides is 1. The zero-order valence-electron chi connectivity index (χ0n) is 9.65. The summed E-state index contributed by atoms with van der Waals surface area (Å²) in [4.78, 5) is 21.6. The van der Waals surface area contributed by atoms with E-state index >= 15 is 0 Å². The number of nitrogens with zero attached hydrogens (tertiary/aromatic N) is 2. The maximum atomic E-state index is 11.6. The summed E-state index contributed by atoms with van der Waals surface area (Å²) in [6, 6.07) is 8.60. The molecule has 1 heterocycles. The highest BCUT2D eigenvalue weighted by Crippen LogP contribution is 2.11. The van der Waals surface area contributed by atoms with E-state index in [1.807, 2.05) is 0 Å². The second kappa shape index (κ2) is 5.58. The van der Waals surface area contributed by atoms with Crippen molar-refractivity contribution in [2.45, 2.75) is 0 Å². The molecular weight excluding hydrogens is 250 g/mol. The molecule has 96 valence electrons. The van der Waals surface area contributed by atoms with Crippen molar-refractivity contribution < 1.29 is 14.1 Å². The third-order valence-electron chi connectivity index (χ3n) is 2.24. The predicted octanol–water partition coefficient (Wildman–Crippen LogP) is 1.95. The van der Waals surface area contributed by atoms with Gasteiger partial charge in [0.25, 0.3) is 11.6 Å². The Morgan fingerprint density at radius 2 is 2.05 bits per heavy atom. The molecule has 0 bridgehead atoms. The standard InChI is InChI=1S/C12H9N3O4/c16-12(14-13-8-11-2-1-7-19-11)9-3-5-10(6-4-9)15(17)18/h1-8H,(H,14,16). The van der Waals surface area contributed by atoms with Crippen LogP contribution in [-0.2, 0) is 0 Å². The number of carbonyl (C=O) groups is 1. The van der Waals surface area contributed by atoms with Crippen molar-refractivity contribution in [2.24, 2.45) is 5.10 Å². The number of hydrogen-bond donors (Lipinski definition) is 1. The Bertz CT molecular complexity index is 602. The van der Waals surface area contributed by atoms with Gasteiger partial charge in [0.05, 0.1) is 17.4 Å². The molecule has 0 fully saturated rings. The Morgan fingerprint density at radius 3 is 2.63 bits per heavy atom. The van der Waals surface area contributed by atoms with Crippen molar-refractivity contribution >= 4 is 17.8 Å². The molecule has 2 rings (SSSR count). The summed E-state index contributed by atoms with van der Waals surface area (Å²) < 4.78 is 4.99. The smallest absolute Gasteiger partial charge is 0.271 e. The zero-order chi connectivity index (χ0) is 13.7. The van der Waals surface area contributed by atoms with E-state index in [0.29, 0.717) is 5.76 Å². The molecule has 0 saturated heterocycles. The van der Waals surface area contributed by atoms with E-state index in [4.69, 9.17) is 4.42 Å². The van der Waals surface area contributed by atoms with Crippen molar-refractivity contribution in [1.29, 1.82) is 0 Å².